The molecule has 0 saturated carbocycles. The Hall–Kier alpha value is -4.15. The van der Waals surface area contributed by atoms with Gasteiger partial charge in [0.25, 0.3) is 5.91 Å². The number of nitrogens with two attached hydrogens (primary N) is 1. The first kappa shape index (κ1) is 30.8. The number of aromatic amines is 1. The molecule has 0 aliphatic carbocycles. The first-order valence-corrected chi connectivity index (χ1v) is 14.8. The van der Waals surface area contributed by atoms with E-state index < -0.39 is 17.9 Å². The van der Waals surface area contributed by atoms with Gasteiger partial charge in [-0.25, -0.2) is 4.90 Å². The van der Waals surface area contributed by atoms with Crippen LogP contribution in [0.15, 0.2) is 60.7 Å². The second kappa shape index (κ2) is 14.2. The van der Waals surface area contributed by atoms with Crippen LogP contribution in [0.3, 0.4) is 0 Å². The summed E-state index contributed by atoms with van der Waals surface area (Å²) in [6.07, 6.45) is 0.898. The fourth-order valence-corrected chi connectivity index (χ4v) is 5.59. The minimum absolute atomic E-state index is 0.00934. The van der Waals surface area contributed by atoms with Gasteiger partial charge in [0.1, 0.15) is 5.75 Å². The maximum Gasteiger partial charge on any atom is 0.303 e. The van der Waals surface area contributed by atoms with E-state index in [-0.39, 0.29) is 30.5 Å². The normalized spacial score (nSPS) is 11.8. The van der Waals surface area contributed by atoms with E-state index in [4.69, 9.17) is 15.2 Å². The molecule has 0 aliphatic heterocycles. The lowest BCUT2D eigenvalue weighted by Crippen LogP contribution is -2.47. The molecule has 2 amide bonds. The SMILES string of the molecule is COc1ccc2[nH]c(C)c(CC(=O)N(C(=O)[C@@H](N)CCCSCC(=O)COC(C)=O)c3ccc4ccccc4c3)c2c1. The second-order valence-corrected chi connectivity index (χ2v) is 11.1. The van der Waals surface area contributed by atoms with Crippen molar-refractivity contribution in [2.24, 2.45) is 5.73 Å². The highest BCUT2D eigenvalue weighted by atomic mass is 32.2. The molecule has 0 spiro atoms. The van der Waals surface area contributed by atoms with Gasteiger partial charge in [0.2, 0.25) is 5.91 Å². The summed E-state index contributed by atoms with van der Waals surface area (Å²) in [7, 11) is 1.59. The van der Waals surface area contributed by atoms with Crippen LogP contribution < -0.4 is 15.4 Å². The number of methoxy groups -OCH3 is 1. The number of carbonyl (C=O) groups is 4. The molecule has 4 aromatic rings. The molecule has 42 heavy (non-hydrogen) atoms. The summed E-state index contributed by atoms with van der Waals surface area (Å²) < 4.78 is 10.1. The van der Waals surface area contributed by atoms with Crippen LogP contribution in [0.1, 0.15) is 31.0 Å². The van der Waals surface area contributed by atoms with Crippen LogP contribution in [0.2, 0.25) is 0 Å². The summed E-state index contributed by atoms with van der Waals surface area (Å²) in [5, 5.41) is 2.75. The fraction of sp³-hybridized carbons (Fsp3) is 0.312. The minimum Gasteiger partial charge on any atom is -0.497 e. The number of aryl methyl sites for hydroxylation is 1. The number of H-pyrrole nitrogens is 1. The first-order chi connectivity index (χ1) is 20.2. The topological polar surface area (TPSA) is 132 Å². The maximum absolute atomic E-state index is 13.9. The molecular weight excluding hydrogens is 554 g/mol. The molecule has 0 aliphatic rings. The number of ketones is 1. The number of hydrogen-bond acceptors (Lipinski definition) is 8. The third-order valence-electron chi connectivity index (χ3n) is 6.94. The van der Waals surface area contributed by atoms with Crippen molar-refractivity contribution in [1.82, 2.24) is 4.98 Å². The largest absolute Gasteiger partial charge is 0.497 e. The van der Waals surface area contributed by atoms with Crippen molar-refractivity contribution < 1.29 is 28.7 Å². The average molecular weight is 590 g/mol. The quantitative estimate of drug-likeness (QED) is 0.169. The Kier molecular flexibility index (Phi) is 10.4. The van der Waals surface area contributed by atoms with E-state index in [1.807, 2.05) is 61.5 Å². The second-order valence-electron chi connectivity index (χ2n) is 10.0. The molecule has 0 saturated heterocycles. The molecule has 0 radical (unpaired) electrons. The number of rotatable bonds is 13. The molecule has 4 rings (SSSR count). The van der Waals surface area contributed by atoms with Crippen molar-refractivity contribution in [3.05, 3.63) is 71.9 Å². The lowest BCUT2D eigenvalue weighted by atomic mass is 10.0. The van der Waals surface area contributed by atoms with Crippen molar-refractivity contribution >= 4 is 62.7 Å². The number of carbonyl (C=O) groups excluding carboxylic acids is 4. The standard InChI is InChI=1S/C32H35N3O6S/c1-20-27(28-16-26(40-3)12-13-30(28)34-20)17-31(38)35(24-11-10-22-7-4-5-8-23(22)15-24)32(39)29(33)9-6-14-42-19-25(37)18-41-21(2)36/h4-5,7-8,10-13,15-16,29,34H,6,9,14,17-19,33H2,1-3H3/t29-/m0/s1. The van der Waals surface area contributed by atoms with E-state index in [0.717, 1.165) is 32.9 Å². The predicted octanol–water partition coefficient (Wildman–Crippen LogP) is 4.71. The zero-order chi connectivity index (χ0) is 30.2. The van der Waals surface area contributed by atoms with Gasteiger partial charge in [-0.2, -0.15) is 11.8 Å². The van der Waals surface area contributed by atoms with Crippen LogP contribution in [0, 0.1) is 6.92 Å². The van der Waals surface area contributed by atoms with E-state index >= 15 is 0 Å². The van der Waals surface area contributed by atoms with Crippen molar-refractivity contribution in [3.8, 4) is 5.75 Å². The fourth-order valence-electron chi connectivity index (χ4n) is 4.76. The van der Waals surface area contributed by atoms with E-state index in [2.05, 4.69) is 4.98 Å². The Balaban J connectivity index is 1.51. The number of esters is 1. The molecule has 9 nitrogen and oxygen atoms in total. The molecule has 0 fully saturated rings. The Bertz CT molecular complexity index is 1610. The smallest absolute Gasteiger partial charge is 0.303 e. The number of Topliss-reactive ketones (excluding diaryl/α,β-unsaturated/α-hetero) is 1. The van der Waals surface area contributed by atoms with E-state index in [0.29, 0.717) is 30.0 Å². The summed E-state index contributed by atoms with van der Waals surface area (Å²) in [5.41, 5.74) is 9.32. The van der Waals surface area contributed by atoms with Crippen molar-refractivity contribution in [2.45, 2.75) is 39.2 Å². The number of imide groups is 1. The molecule has 1 heterocycles. The molecule has 0 bridgehead atoms. The third-order valence-corrected chi connectivity index (χ3v) is 8.04. The van der Waals surface area contributed by atoms with Gasteiger partial charge in [-0.1, -0.05) is 30.3 Å². The van der Waals surface area contributed by atoms with E-state index in [1.54, 1.807) is 13.2 Å². The van der Waals surface area contributed by atoms with Crippen LogP contribution in [-0.4, -0.2) is 59.8 Å². The summed E-state index contributed by atoms with van der Waals surface area (Å²) in [5.74, 6) is -0.0910. The zero-order valence-electron chi connectivity index (χ0n) is 24.0. The molecule has 0 unspecified atom stereocenters. The minimum atomic E-state index is -0.915. The van der Waals surface area contributed by atoms with Crippen LogP contribution >= 0.6 is 11.8 Å². The van der Waals surface area contributed by atoms with Crippen LogP contribution in [-0.2, 0) is 30.3 Å². The van der Waals surface area contributed by atoms with Gasteiger partial charge < -0.3 is 20.2 Å². The Labute approximate surface area is 248 Å². The monoisotopic (exact) mass is 589 g/mol. The number of anilines is 1. The number of fused-ring (bicyclic) bond motifs is 2. The molecule has 1 atom stereocenters. The average Bonchev–Trinajstić information content (AvgIpc) is 3.29. The van der Waals surface area contributed by atoms with E-state index in [1.165, 1.54) is 23.6 Å². The van der Waals surface area contributed by atoms with Crippen LogP contribution in [0.5, 0.6) is 5.75 Å². The van der Waals surface area contributed by atoms with Gasteiger partial charge >= 0.3 is 5.97 Å². The Morgan fingerprint density at radius 1 is 1.02 bits per heavy atom. The number of thioether (sulfide) groups is 1. The molecule has 10 heteroatoms. The van der Waals surface area contributed by atoms with Crippen molar-refractivity contribution in [2.75, 3.05) is 30.1 Å². The first-order valence-electron chi connectivity index (χ1n) is 13.7. The molecule has 1 aromatic heterocycles. The molecule has 3 aromatic carbocycles. The van der Waals surface area contributed by atoms with Crippen LogP contribution in [0.25, 0.3) is 21.7 Å². The molecule has 3 N–H and O–H groups in total. The number of benzene rings is 3. The molecular formula is C32H35N3O6S. The third kappa shape index (κ3) is 7.57. The van der Waals surface area contributed by atoms with Gasteiger partial charge in [0.05, 0.1) is 31.0 Å². The van der Waals surface area contributed by atoms with Crippen molar-refractivity contribution in [3.63, 3.8) is 0 Å². The predicted molar refractivity (Wildman–Crippen MR) is 166 cm³/mol. The number of nitrogens with zero attached hydrogens (tertiary/aromatic N) is 1. The highest BCUT2D eigenvalue weighted by Gasteiger charge is 2.29. The molecule has 220 valence electrons. The number of hydrogen-bond donors (Lipinski definition) is 2. The Morgan fingerprint density at radius 2 is 1.79 bits per heavy atom. The van der Waals surface area contributed by atoms with Crippen LogP contribution in [0.4, 0.5) is 5.69 Å². The maximum atomic E-state index is 13.9. The Morgan fingerprint density at radius 3 is 2.52 bits per heavy atom. The summed E-state index contributed by atoms with van der Waals surface area (Å²) in [6, 6.07) is 17.9. The number of nitrogens with one attached hydrogen (secondary N) is 1. The van der Waals surface area contributed by atoms with E-state index in [9.17, 15) is 19.2 Å². The van der Waals surface area contributed by atoms with Gasteiger partial charge in [0.15, 0.2) is 12.4 Å². The summed E-state index contributed by atoms with van der Waals surface area (Å²) in [4.78, 5) is 54.9. The van der Waals surface area contributed by atoms with Gasteiger partial charge in [-0.15, -0.1) is 0 Å². The van der Waals surface area contributed by atoms with Gasteiger partial charge in [-0.05, 0) is 72.2 Å². The number of ether oxygens (including phenoxy) is 2. The van der Waals surface area contributed by atoms with Gasteiger partial charge in [-0.3, -0.25) is 19.2 Å². The summed E-state index contributed by atoms with van der Waals surface area (Å²) >= 11 is 1.39. The lowest BCUT2D eigenvalue weighted by Gasteiger charge is -2.25. The highest BCUT2D eigenvalue weighted by molar-refractivity contribution is 7.99. The lowest BCUT2D eigenvalue weighted by molar-refractivity contribution is -0.145. The highest BCUT2D eigenvalue weighted by Crippen LogP contribution is 2.29. The van der Waals surface area contributed by atoms with Crippen molar-refractivity contribution in [1.29, 1.82) is 0 Å². The zero-order valence-corrected chi connectivity index (χ0v) is 24.8. The summed E-state index contributed by atoms with van der Waals surface area (Å²) in [6.45, 7) is 2.91. The van der Waals surface area contributed by atoms with Gasteiger partial charge in [0, 0.05) is 23.5 Å². The number of amides is 2. The number of aromatic nitrogens is 1.